The molecule has 1 heterocycles. The van der Waals surface area contributed by atoms with E-state index in [1.54, 1.807) is 4.90 Å². The van der Waals surface area contributed by atoms with Gasteiger partial charge >= 0.3 is 0 Å². The van der Waals surface area contributed by atoms with E-state index in [2.05, 4.69) is 10.6 Å². The molecule has 106 valence electrons. The van der Waals surface area contributed by atoms with E-state index in [4.69, 9.17) is 0 Å². The zero-order chi connectivity index (χ0) is 12.8. The molecule has 0 saturated carbocycles. The van der Waals surface area contributed by atoms with Crippen LogP contribution in [0.2, 0.25) is 0 Å². The van der Waals surface area contributed by atoms with Crippen LogP contribution in [0.4, 0.5) is 0 Å². The van der Waals surface area contributed by atoms with Crippen molar-refractivity contribution in [3.05, 3.63) is 0 Å². The number of nitrogens with one attached hydrogen (secondary N) is 2. The Balaban J connectivity index is 0.00000289. The summed E-state index contributed by atoms with van der Waals surface area (Å²) in [7, 11) is 0. The third kappa shape index (κ3) is 4.46. The average Bonchev–Trinajstić information content (AvgIpc) is 2.22. The van der Waals surface area contributed by atoms with Crippen molar-refractivity contribution in [3.63, 3.8) is 0 Å². The maximum absolute atomic E-state index is 12.2. The Morgan fingerprint density at radius 2 is 2.00 bits per heavy atom. The molecule has 1 unspecified atom stereocenters. The smallest absolute Gasteiger partial charge is 0.239 e. The van der Waals surface area contributed by atoms with Crippen LogP contribution < -0.4 is 10.6 Å². The van der Waals surface area contributed by atoms with Crippen LogP contribution in [0, 0.1) is 11.8 Å². The number of nitrogens with zero attached hydrogens (tertiary/aromatic N) is 1. The van der Waals surface area contributed by atoms with Crippen molar-refractivity contribution >= 4 is 24.2 Å². The molecule has 0 aromatic rings. The summed E-state index contributed by atoms with van der Waals surface area (Å²) in [5.74, 6) is 0.434. The third-order valence-electron chi connectivity index (χ3n) is 3.31. The molecule has 1 rings (SSSR count). The normalized spacial score (nSPS) is 16.2. The first-order valence-electron chi connectivity index (χ1n) is 6.36. The molecule has 18 heavy (non-hydrogen) atoms. The van der Waals surface area contributed by atoms with E-state index in [1.807, 2.05) is 20.8 Å². The van der Waals surface area contributed by atoms with Crippen molar-refractivity contribution in [1.29, 1.82) is 0 Å². The number of likely N-dealkylation sites (N-methyl/N-ethyl adjacent to an activating group) is 2. The van der Waals surface area contributed by atoms with Gasteiger partial charge in [-0.25, -0.2) is 0 Å². The van der Waals surface area contributed by atoms with Crippen LogP contribution >= 0.6 is 12.4 Å². The maximum atomic E-state index is 12.2. The maximum Gasteiger partial charge on any atom is 0.239 e. The highest BCUT2D eigenvalue weighted by molar-refractivity contribution is 5.86. The van der Waals surface area contributed by atoms with Gasteiger partial charge in [0.15, 0.2) is 0 Å². The van der Waals surface area contributed by atoms with Crippen molar-refractivity contribution in [2.75, 3.05) is 32.7 Å². The summed E-state index contributed by atoms with van der Waals surface area (Å²) in [5.41, 5.74) is 0. The molecule has 0 aromatic carbocycles. The molecule has 2 amide bonds. The van der Waals surface area contributed by atoms with E-state index in [-0.39, 0.29) is 36.7 Å². The van der Waals surface area contributed by atoms with Gasteiger partial charge in [0.05, 0.1) is 6.54 Å². The Hall–Kier alpha value is -0.810. The van der Waals surface area contributed by atoms with E-state index in [9.17, 15) is 9.59 Å². The lowest BCUT2D eigenvalue weighted by atomic mass is 9.88. The van der Waals surface area contributed by atoms with Crippen molar-refractivity contribution in [2.45, 2.75) is 20.8 Å². The molecule has 0 spiro atoms. The highest BCUT2D eigenvalue weighted by Crippen LogP contribution is 2.18. The minimum Gasteiger partial charge on any atom is -0.355 e. The van der Waals surface area contributed by atoms with Gasteiger partial charge in [0, 0.05) is 19.0 Å². The number of carbonyl (C=O) groups is 2. The highest BCUT2D eigenvalue weighted by Gasteiger charge is 2.31. The lowest BCUT2D eigenvalue weighted by Crippen LogP contribution is -2.51. The summed E-state index contributed by atoms with van der Waals surface area (Å²) in [6.07, 6.45) is 0. The minimum absolute atomic E-state index is 0. The van der Waals surface area contributed by atoms with Crippen molar-refractivity contribution < 1.29 is 9.59 Å². The predicted molar refractivity (Wildman–Crippen MR) is 73.7 cm³/mol. The molecule has 1 atom stereocenters. The van der Waals surface area contributed by atoms with Gasteiger partial charge in [0.2, 0.25) is 11.8 Å². The zero-order valence-electron chi connectivity index (χ0n) is 11.4. The summed E-state index contributed by atoms with van der Waals surface area (Å²) in [4.78, 5) is 25.3. The van der Waals surface area contributed by atoms with E-state index in [1.165, 1.54) is 0 Å². The van der Waals surface area contributed by atoms with Gasteiger partial charge in [-0.3, -0.25) is 9.59 Å². The van der Waals surface area contributed by atoms with Gasteiger partial charge in [-0.05, 0) is 32.9 Å². The van der Waals surface area contributed by atoms with Crippen LogP contribution in [0.5, 0.6) is 0 Å². The molecule has 1 aliphatic heterocycles. The SMILES string of the molecule is CCNC(=O)CN(CC)C(=O)C(C)C1CNC1.Cl. The Bertz CT molecular complexity index is 282. The van der Waals surface area contributed by atoms with Crippen molar-refractivity contribution in [1.82, 2.24) is 15.5 Å². The first kappa shape index (κ1) is 17.2. The van der Waals surface area contributed by atoms with Gasteiger partial charge in [0.1, 0.15) is 0 Å². The molecule has 5 nitrogen and oxygen atoms in total. The van der Waals surface area contributed by atoms with Crippen molar-refractivity contribution in [3.8, 4) is 0 Å². The summed E-state index contributed by atoms with van der Waals surface area (Å²) < 4.78 is 0. The molecular weight excluding hydrogens is 254 g/mol. The van der Waals surface area contributed by atoms with Gasteiger partial charge in [-0.2, -0.15) is 0 Å². The third-order valence-corrected chi connectivity index (χ3v) is 3.31. The summed E-state index contributed by atoms with van der Waals surface area (Å²) in [5, 5.41) is 5.88. The fourth-order valence-corrected chi connectivity index (χ4v) is 1.93. The molecule has 1 fully saturated rings. The highest BCUT2D eigenvalue weighted by atomic mass is 35.5. The van der Waals surface area contributed by atoms with E-state index < -0.39 is 0 Å². The molecule has 0 aliphatic carbocycles. The van der Waals surface area contributed by atoms with Gasteiger partial charge in [-0.15, -0.1) is 12.4 Å². The van der Waals surface area contributed by atoms with Gasteiger partial charge in [-0.1, -0.05) is 6.92 Å². The first-order valence-corrected chi connectivity index (χ1v) is 6.36. The second kappa shape index (κ2) is 8.32. The predicted octanol–water partition coefficient (Wildman–Crippen LogP) is 0.248. The first-order chi connectivity index (χ1) is 8.10. The Morgan fingerprint density at radius 3 is 2.39 bits per heavy atom. The lowest BCUT2D eigenvalue weighted by molar-refractivity contribution is -0.140. The molecule has 6 heteroatoms. The second-order valence-corrected chi connectivity index (χ2v) is 4.51. The number of halogens is 1. The molecule has 0 aromatic heterocycles. The largest absolute Gasteiger partial charge is 0.355 e. The summed E-state index contributed by atoms with van der Waals surface area (Å²) in [6, 6.07) is 0. The fourth-order valence-electron chi connectivity index (χ4n) is 1.93. The number of carbonyl (C=O) groups excluding carboxylic acids is 2. The van der Waals surface area contributed by atoms with Gasteiger partial charge in [0.25, 0.3) is 0 Å². The molecule has 0 bridgehead atoms. The Labute approximate surface area is 115 Å². The number of hydrogen-bond donors (Lipinski definition) is 2. The molecule has 1 saturated heterocycles. The number of amides is 2. The van der Waals surface area contributed by atoms with Crippen LogP contribution in [0.3, 0.4) is 0 Å². The molecule has 2 N–H and O–H groups in total. The number of hydrogen-bond acceptors (Lipinski definition) is 3. The lowest BCUT2D eigenvalue weighted by Gasteiger charge is -2.34. The van der Waals surface area contributed by atoms with Crippen molar-refractivity contribution in [2.24, 2.45) is 11.8 Å². The Kier molecular flexibility index (Phi) is 7.95. The summed E-state index contributed by atoms with van der Waals surface area (Å²) in [6.45, 7) is 8.91. The van der Waals surface area contributed by atoms with E-state index in [0.29, 0.717) is 19.0 Å². The quantitative estimate of drug-likeness (QED) is 0.732. The van der Waals surface area contributed by atoms with Crippen LogP contribution in [0.1, 0.15) is 20.8 Å². The van der Waals surface area contributed by atoms with E-state index in [0.717, 1.165) is 13.1 Å². The number of rotatable bonds is 6. The van der Waals surface area contributed by atoms with Crippen LogP contribution in [-0.2, 0) is 9.59 Å². The second-order valence-electron chi connectivity index (χ2n) is 4.51. The fraction of sp³-hybridized carbons (Fsp3) is 0.833. The average molecular weight is 278 g/mol. The van der Waals surface area contributed by atoms with Crippen LogP contribution in [0.25, 0.3) is 0 Å². The van der Waals surface area contributed by atoms with Gasteiger partial charge < -0.3 is 15.5 Å². The Morgan fingerprint density at radius 1 is 1.39 bits per heavy atom. The molecule has 1 aliphatic rings. The monoisotopic (exact) mass is 277 g/mol. The molecule has 0 radical (unpaired) electrons. The minimum atomic E-state index is -0.0818. The van der Waals surface area contributed by atoms with Crippen LogP contribution in [-0.4, -0.2) is 49.4 Å². The zero-order valence-corrected chi connectivity index (χ0v) is 12.2. The standard InChI is InChI=1S/C12H23N3O2.ClH/c1-4-14-11(16)8-15(5-2)12(17)9(3)10-6-13-7-10;/h9-10,13H,4-8H2,1-3H3,(H,14,16);1H. The topological polar surface area (TPSA) is 61.4 Å². The van der Waals surface area contributed by atoms with E-state index >= 15 is 0 Å². The molecular formula is C12H24ClN3O2. The summed E-state index contributed by atoms with van der Waals surface area (Å²) >= 11 is 0. The van der Waals surface area contributed by atoms with Crippen LogP contribution in [0.15, 0.2) is 0 Å².